The summed E-state index contributed by atoms with van der Waals surface area (Å²) in [6, 6.07) is 12.0. The Morgan fingerprint density at radius 3 is 2.45 bits per heavy atom. The number of Topliss-reactive ketones (excluding diaryl/α,β-unsaturated/α-hetero) is 1. The van der Waals surface area contributed by atoms with Crippen LogP contribution in [0.25, 0.3) is 0 Å². The first-order valence-corrected chi connectivity index (χ1v) is 6.83. The molecule has 22 heavy (non-hydrogen) atoms. The van der Waals surface area contributed by atoms with Gasteiger partial charge in [-0.3, -0.25) is 4.79 Å². The highest BCUT2D eigenvalue weighted by Crippen LogP contribution is 2.26. The Morgan fingerprint density at radius 2 is 1.82 bits per heavy atom. The van der Waals surface area contributed by atoms with E-state index in [0.717, 1.165) is 0 Å². The molecular weight excluding hydrogens is 282 g/mol. The van der Waals surface area contributed by atoms with Crippen LogP contribution in [0.1, 0.15) is 17.3 Å². The molecule has 0 aliphatic heterocycles. The zero-order chi connectivity index (χ0) is 16.1. The average molecular weight is 301 g/mol. The summed E-state index contributed by atoms with van der Waals surface area (Å²) < 4.78 is 16.0. The van der Waals surface area contributed by atoms with Gasteiger partial charge in [-0.1, -0.05) is 6.07 Å². The van der Waals surface area contributed by atoms with E-state index >= 15 is 0 Å². The first-order chi connectivity index (χ1) is 10.5. The zero-order valence-electron chi connectivity index (χ0n) is 12.8. The summed E-state index contributed by atoms with van der Waals surface area (Å²) in [7, 11) is 3.06. The Kier molecular flexibility index (Phi) is 4.88. The van der Waals surface area contributed by atoms with E-state index in [1.54, 1.807) is 56.5 Å². The van der Waals surface area contributed by atoms with Crippen molar-refractivity contribution in [1.29, 1.82) is 0 Å². The number of rotatable bonds is 6. The van der Waals surface area contributed by atoms with Crippen molar-refractivity contribution >= 4 is 11.5 Å². The van der Waals surface area contributed by atoms with Crippen LogP contribution in [0.4, 0.5) is 5.69 Å². The minimum Gasteiger partial charge on any atom is -0.497 e. The van der Waals surface area contributed by atoms with Gasteiger partial charge in [0.1, 0.15) is 17.2 Å². The molecule has 0 radical (unpaired) electrons. The second kappa shape index (κ2) is 6.85. The van der Waals surface area contributed by atoms with Gasteiger partial charge in [0.15, 0.2) is 6.10 Å². The van der Waals surface area contributed by atoms with Gasteiger partial charge in [0.25, 0.3) is 0 Å². The summed E-state index contributed by atoms with van der Waals surface area (Å²) in [5, 5.41) is 0. The number of carbonyl (C=O) groups is 1. The maximum absolute atomic E-state index is 12.6. The first-order valence-electron chi connectivity index (χ1n) is 6.83. The van der Waals surface area contributed by atoms with E-state index < -0.39 is 6.10 Å². The zero-order valence-corrected chi connectivity index (χ0v) is 12.8. The van der Waals surface area contributed by atoms with Gasteiger partial charge in [-0.05, 0) is 37.3 Å². The fraction of sp³-hybridized carbons (Fsp3) is 0.235. The summed E-state index contributed by atoms with van der Waals surface area (Å²) in [5.74, 6) is 1.41. The van der Waals surface area contributed by atoms with Crippen molar-refractivity contribution in [3.05, 3.63) is 48.0 Å². The highest BCUT2D eigenvalue weighted by Gasteiger charge is 2.21. The van der Waals surface area contributed by atoms with Crippen LogP contribution in [-0.4, -0.2) is 26.1 Å². The van der Waals surface area contributed by atoms with Gasteiger partial charge in [-0.2, -0.15) is 0 Å². The summed E-state index contributed by atoms with van der Waals surface area (Å²) >= 11 is 0. The molecule has 2 N–H and O–H groups in total. The predicted octanol–water partition coefficient (Wildman–Crippen LogP) is 2.94. The van der Waals surface area contributed by atoms with Crippen molar-refractivity contribution in [3.8, 4) is 17.2 Å². The number of anilines is 1. The van der Waals surface area contributed by atoms with Crippen molar-refractivity contribution in [2.24, 2.45) is 0 Å². The summed E-state index contributed by atoms with van der Waals surface area (Å²) in [5.41, 5.74) is 6.70. The van der Waals surface area contributed by atoms with Crippen molar-refractivity contribution in [2.45, 2.75) is 13.0 Å². The lowest BCUT2D eigenvalue weighted by atomic mass is 10.1. The van der Waals surface area contributed by atoms with Crippen LogP contribution in [-0.2, 0) is 0 Å². The molecule has 2 aromatic rings. The number of carbonyl (C=O) groups excluding carboxylic acids is 1. The smallest absolute Gasteiger partial charge is 0.206 e. The normalized spacial score (nSPS) is 11.6. The van der Waals surface area contributed by atoms with Crippen LogP contribution in [0, 0.1) is 0 Å². The van der Waals surface area contributed by atoms with E-state index in [4.69, 9.17) is 19.9 Å². The molecule has 0 spiro atoms. The lowest BCUT2D eigenvalue weighted by Crippen LogP contribution is -2.24. The Balaban J connectivity index is 2.23. The number of nitrogens with two attached hydrogens (primary N) is 1. The molecule has 2 aromatic carbocycles. The van der Waals surface area contributed by atoms with Crippen LogP contribution < -0.4 is 19.9 Å². The topological polar surface area (TPSA) is 70.8 Å². The monoisotopic (exact) mass is 301 g/mol. The molecule has 0 saturated heterocycles. The van der Waals surface area contributed by atoms with E-state index in [-0.39, 0.29) is 5.78 Å². The fourth-order valence-electron chi connectivity index (χ4n) is 2.07. The van der Waals surface area contributed by atoms with Crippen LogP contribution in [0.15, 0.2) is 42.5 Å². The number of ketones is 1. The largest absolute Gasteiger partial charge is 0.497 e. The van der Waals surface area contributed by atoms with Crippen LogP contribution in [0.5, 0.6) is 17.2 Å². The second-order valence-electron chi connectivity index (χ2n) is 4.76. The molecule has 0 aliphatic carbocycles. The number of ether oxygens (including phenoxy) is 3. The van der Waals surface area contributed by atoms with E-state index in [1.807, 2.05) is 0 Å². The molecular formula is C17H19NO4. The third kappa shape index (κ3) is 3.49. The third-order valence-corrected chi connectivity index (χ3v) is 3.21. The van der Waals surface area contributed by atoms with Gasteiger partial charge in [0.2, 0.25) is 5.78 Å². The molecule has 2 rings (SSSR count). The van der Waals surface area contributed by atoms with Crippen LogP contribution in [0.3, 0.4) is 0 Å². The predicted molar refractivity (Wildman–Crippen MR) is 84.8 cm³/mol. The van der Waals surface area contributed by atoms with Crippen molar-refractivity contribution in [2.75, 3.05) is 20.0 Å². The maximum atomic E-state index is 12.6. The van der Waals surface area contributed by atoms with Gasteiger partial charge in [-0.25, -0.2) is 0 Å². The van der Waals surface area contributed by atoms with Crippen LogP contribution >= 0.6 is 0 Å². The molecule has 1 atom stereocenters. The Bertz CT molecular complexity index is 669. The second-order valence-corrected chi connectivity index (χ2v) is 4.76. The Labute approximate surface area is 129 Å². The molecule has 0 heterocycles. The number of methoxy groups -OCH3 is 2. The maximum Gasteiger partial charge on any atom is 0.206 e. The van der Waals surface area contributed by atoms with Crippen molar-refractivity contribution < 1.29 is 19.0 Å². The van der Waals surface area contributed by atoms with Gasteiger partial charge >= 0.3 is 0 Å². The van der Waals surface area contributed by atoms with E-state index in [2.05, 4.69) is 0 Å². The molecule has 0 bridgehead atoms. The summed E-state index contributed by atoms with van der Waals surface area (Å²) in [4.78, 5) is 12.6. The SMILES string of the molecule is COc1ccc(OC)c(C(=O)C(C)Oc2cccc(N)c2)c1. The molecule has 1 unspecified atom stereocenters. The molecule has 0 fully saturated rings. The van der Waals surface area contributed by atoms with Gasteiger partial charge < -0.3 is 19.9 Å². The average Bonchev–Trinajstić information content (AvgIpc) is 2.53. The Hall–Kier alpha value is -2.69. The van der Waals surface area contributed by atoms with E-state index in [9.17, 15) is 4.79 Å². The van der Waals surface area contributed by atoms with Gasteiger partial charge in [-0.15, -0.1) is 0 Å². The molecule has 0 aliphatic rings. The highest BCUT2D eigenvalue weighted by atomic mass is 16.5. The minimum absolute atomic E-state index is 0.196. The van der Waals surface area contributed by atoms with E-state index in [1.165, 1.54) is 7.11 Å². The van der Waals surface area contributed by atoms with Gasteiger partial charge in [0, 0.05) is 11.8 Å². The number of hydrogen-bond donors (Lipinski definition) is 1. The molecule has 116 valence electrons. The quantitative estimate of drug-likeness (QED) is 0.656. The number of hydrogen-bond acceptors (Lipinski definition) is 5. The van der Waals surface area contributed by atoms with Crippen molar-refractivity contribution in [1.82, 2.24) is 0 Å². The molecule has 0 aromatic heterocycles. The third-order valence-electron chi connectivity index (χ3n) is 3.21. The highest BCUT2D eigenvalue weighted by molar-refractivity contribution is 6.02. The van der Waals surface area contributed by atoms with E-state index in [0.29, 0.717) is 28.5 Å². The number of benzene rings is 2. The van der Waals surface area contributed by atoms with Gasteiger partial charge in [0.05, 0.1) is 19.8 Å². The molecule has 0 saturated carbocycles. The number of nitrogen functional groups attached to an aromatic ring is 1. The molecule has 5 nitrogen and oxygen atoms in total. The fourth-order valence-corrected chi connectivity index (χ4v) is 2.07. The molecule has 0 amide bonds. The first kappa shape index (κ1) is 15.7. The molecule has 5 heteroatoms. The lowest BCUT2D eigenvalue weighted by molar-refractivity contribution is 0.0814. The van der Waals surface area contributed by atoms with Crippen molar-refractivity contribution in [3.63, 3.8) is 0 Å². The minimum atomic E-state index is -0.678. The Morgan fingerprint density at radius 1 is 1.05 bits per heavy atom. The lowest BCUT2D eigenvalue weighted by Gasteiger charge is -2.16. The van der Waals surface area contributed by atoms with Crippen LogP contribution in [0.2, 0.25) is 0 Å². The standard InChI is InChI=1S/C17H19NO4/c1-11(22-14-6-4-5-12(18)9-14)17(19)15-10-13(20-2)7-8-16(15)21-3/h4-11H,18H2,1-3H3. The summed E-state index contributed by atoms with van der Waals surface area (Å²) in [6.45, 7) is 1.68. The summed E-state index contributed by atoms with van der Waals surface area (Å²) in [6.07, 6.45) is -0.678.